The van der Waals surface area contributed by atoms with Gasteiger partial charge in [0.15, 0.2) is 0 Å². The van der Waals surface area contributed by atoms with Gasteiger partial charge in [0.05, 0.1) is 6.61 Å². The Balaban J connectivity index is 2.25. The van der Waals surface area contributed by atoms with Crippen LogP contribution in [0, 0.1) is 6.92 Å². The molecule has 1 aliphatic carbocycles. The van der Waals surface area contributed by atoms with Crippen molar-refractivity contribution in [3.8, 4) is 0 Å². The molecule has 1 aromatic heterocycles. The topological polar surface area (TPSA) is 48.1 Å². The molecule has 3 heteroatoms. The van der Waals surface area contributed by atoms with Gasteiger partial charge in [-0.3, -0.25) is 4.98 Å². The molecule has 1 aliphatic rings. The molecule has 0 amide bonds. The van der Waals surface area contributed by atoms with E-state index < -0.39 is 0 Å². The average molecular weight is 178 g/mol. The highest BCUT2D eigenvalue weighted by Gasteiger charge is 2.45. The maximum Gasteiger partial charge on any atom is 0.0791 e. The predicted octanol–water partition coefficient (Wildman–Crippen LogP) is 1.31. The van der Waals surface area contributed by atoms with Crippen molar-refractivity contribution in [1.29, 1.82) is 0 Å². The lowest BCUT2D eigenvalue weighted by Crippen LogP contribution is -2.19. The van der Waals surface area contributed by atoms with Gasteiger partial charge in [0, 0.05) is 16.8 Å². The summed E-state index contributed by atoms with van der Waals surface area (Å²) in [6.45, 7) is 2.59. The molecule has 0 atom stereocenters. The molecular weight excluding hydrogens is 164 g/mol. The molecule has 0 bridgehead atoms. The van der Waals surface area contributed by atoms with E-state index in [1.54, 1.807) is 0 Å². The number of nitrogens with zero attached hydrogens (tertiary/aromatic N) is 1. The van der Waals surface area contributed by atoms with Gasteiger partial charge in [0.25, 0.3) is 0 Å². The van der Waals surface area contributed by atoms with Crippen molar-refractivity contribution in [3.05, 3.63) is 29.6 Å². The molecule has 2 N–H and O–H groups in total. The fourth-order valence-electron chi connectivity index (χ4n) is 1.62. The van der Waals surface area contributed by atoms with Gasteiger partial charge in [-0.15, -0.1) is 0 Å². The minimum Gasteiger partial charge on any atom is -0.304 e. The normalized spacial score (nSPS) is 18.6. The van der Waals surface area contributed by atoms with Crippen molar-refractivity contribution in [2.45, 2.75) is 25.2 Å². The van der Waals surface area contributed by atoms with E-state index in [2.05, 4.69) is 11.1 Å². The quantitative estimate of drug-likeness (QED) is 0.710. The third-order valence-corrected chi connectivity index (χ3v) is 2.64. The number of pyridine rings is 1. The summed E-state index contributed by atoms with van der Waals surface area (Å²) in [5.74, 6) is 5.10. The van der Waals surface area contributed by atoms with Gasteiger partial charge in [-0.25, -0.2) is 5.90 Å². The Morgan fingerprint density at radius 1 is 1.54 bits per heavy atom. The lowest BCUT2D eigenvalue weighted by atomic mass is 10.0. The lowest BCUT2D eigenvalue weighted by molar-refractivity contribution is 0.115. The molecular formula is C10H14N2O. The van der Waals surface area contributed by atoms with Crippen LogP contribution in [0.15, 0.2) is 18.2 Å². The van der Waals surface area contributed by atoms with Crippen molar-refractivity contribution in [2.75, 3.05) is 6.61 Å². The van der Waals surface area contributed by atoms with Crippen molar-refractivity contribution in [3.63, 3.8) is 0 Å². The number of nitrogens with two attached hydrogens (primary N) is 1. The monoisotopic (exact) mass is 178 g/mol. The van der Waals surface area contributed by atoms with Crippen molar-refractivity contribution in [1.82, 2.24) is 4.98 Å². The zero-order chi connectivity index (χ0) is 9.31. The van der Waals surface area contributed by atoms with Gasteiger partial charge in [0.1, 0.15) is 0 Å². The van der Waals surface area contributed by atoms with Gasteiger partial charge in [0.2, 0.25) is 0 Å². The molecule has 0 aromatic carbocycles. The van der Waals surface area contributed by atoms with Crippen LogP contribution in [0.25, 0.3) is 0 Å². The molecule has 0 spiro atoms. The van der Waals surface area contributed by atoms with E-state index in [4.69, 9.17) is 10.7 Å². The second kappa shape index (κ2) is 3.09. The summed E-state index contributed by atoms with van der Waals surface area (Å²) < 4.78 is 0. The molecule has 0 radical (unpaired) electrons. The maximum absolute atomic E-state index is 5.10. The van der Waals surface area contributed by atoms with Crippen LogP contribution in [0.4, 0.5) is 0 Å². The first-order chi connectivity index (χ1) is 6.27. The van der Waals surface area contributed by atoms with Crippen LogP contribution in [-0.2, 0) is 10.3 Å². The Morgan fingerprint density at radius 2 is 2.31 bits per heavy atom. The van der Waals surface area contributed by atoms with E-state index >= 15 is 0 Å². The SMILES string of the molecule is Cc1cccc(C2(CON)CC2)n1. The fourth-order valence-corrected chi connectivity index (χ4v) is 1.62. The Hall–Kier alpha value is -0.930. The first-order valence-corrected chi connectivity index (χ1v) is 4.53. The van der Waals surface area contributed by atoms with E-state index in [0.717, 1.165) is 24.2 Å². The molecule has 1 heterocycles. The highest BCUT2D eigenvalue weighted by Crippen LogP contribution is 2.47. The molecule has 1 fully saturated rings. The lowest BCUT2D eigenvalue weighted by Gasteiger charge is -2.12. The molecule has 0 saturated heterocycles. The molecule has 70 valence electrons. The van der Waals surface area contributed by atoms with Crippen LogP contribution in [0.3, 0.4) is 0 Å². The smallest absolute Gasteiger partial charge is 0.0791 e. The summed E-state index contributed by atoms with van der Waals surface area (Å²) in [5.41, 5.74) is 2.31. The summed E-state index contributed by atoms with van der Waals surface area (Å²) >= 11 is 0. The van der Waals surface area contributed by atoms with Gasteiger partial charge >= 0.3 is 0 Å². The maximum atomic E-state index is 5.10. The number of hydrogen-bond acceptors (Lipinski definition) is 3. The number of aromatic nitrogens is 1. The van der Waals surface area contributed by atoms with Gasteiger partial charge in [-0.05, 0) is 31.9 Å². The molecule has 0 aliphatic heterocycles. The van der Waals surface area contributed by atoms with E-state index in [9.17, 15) is 0 Å². The van der Waals surface area contributed by atoms with Gasteiger partial charge in [-0.1, -0.05) is 6.07 Å². The fraction of sp³-hybridized carbons (Fsp3) is 0.500. The number of hydrogen-bond donors (Lipinski definition) is 1. The first-order valence-electron chi connectivity index (χ1n) is 4.53. The summed E-state index contributed by atoms with van der Waals surface area (Å²) in [5, 5.41) is 0. The van der Waals surface area contributed by atoms with Crippen LogP contribution in [0.5, 0.6) is 0 Å². The van der Waals surface area contributed by atoms with Crippen LogP contribution >= 0.6 is 0 Å². The van der Waals surface area contributed by atoms with E-state index in [1.165, 1.54) is 0 Å². The van der Waals surface area contributed by atoms with E-state index in [0.29, 0.717) is 6.61 Å². The Morgan fingerprint density at radius 3 is 2.85 bits per heavy atom. The third kappa shape index (κ3) is 1.57. The largest absolute Gasteiger partial charge is 0.304 e. The molecule has 1 saturated carbocycles. The summed E-state index contributed by atoms with van der Waals surface area (Å²) in [6.07, 6.45) is 2.28. The van der Waals surface area contributed by atoms with Gasteiger partial charge in [-0.2, -0.15) is 0 Å². The summed E-state index contributed by atoms with van der Waals surface area (Å²) in [6, 6.07) is 6.09. The zero-order valence-corrected chi connectivity index (χ0v) is 7.79. The molecule has 0 unspecified atom stereocenters. The van der Waals surface area contributed by atoms with Crippen molar-refractivity contribution < 1.29 is 4.84 Å². The van der Waals surface area contributed by atoms with Crippen LogP contribution in [0.1, 0.15) is 24.2 Å². The number of aryl methyl sites for hydroxylation is 1. The molecule has 3 nitrogen and oxygen atoms in total. The Labute approximate surface area is 77.9 Å². The molecule has 1 aromatic rings. The second-order valence-corrected chi connectivity index (χ2v) is 3.76. The van der Waals surface area contributed by atoms with E-state index in [-0.39, 0.29) is 5.41 Å². The average Bonchev–Trinajstić information content (AvgIpc) is 2.86. The molecule has 13 heavy (non-hydrogen) atoms. The Bertz CT molecular complexity index is 308. The third-order valence-electron chi connectivity index (χ3n) is 2.64. The predicted molar refractivity (Wildman–Crippen MR) is 50.0 cm³/mol. The van der Waals surface area contributed by atoms with Crippen molar-refractivity contribution in [2.24, 2.45) is 5.90 Å². The van der Waals surface area contributed by atoms with Crippen molar-refractivity contribution >= 4 is 0 Å². The zero-order valence-electron chi connectivity index (χ0n) is 7.79. The standard InChI is InChI=1S/C10H14N2O/c1-8-3-2-4-9(12-8)10(5-6-10)7-13-11/h2-4H,5-7,11H2,1H3. The Kier molecular flexibility index (Phi) is 2.06. The summed E-state index contributed by atoms with van der Waals surface area (Å²) in [7, 11) is 0. The van der Waals surface area contributed by atoms with Crippen LogP contribution < -0.4 is 5.90 Å². The highest BCUT2D eigenvalue weighted by atomic mass is 16.6. The minimum atomic E-state index is 0.126. The van der Waals surface area contributed by atoms with Crippen LogP contribution in [0.2, 0.25) is 0 Å². The molecule has 2 rings (SSSR count). The highest BCUT2D eigenvalue weighted by molar-refractivity contribution is 5.26. The first kappa shape index (κ1) is 8.66. The second-order valence-electron chi connectivity index (χ2n) is 3.76. The minimum absolute atomic E-state index is 0.126. The number of rotatable bonds is 3. The summed E-state index contributed by atoms with van der Waals surface area (Å²) in [4.78, 5) is 9.21. The van der Waals surface area contributed by atoms with E-state index in [1.807, 2.05) is 19.1 Å². The van der Waals surface area contributed by atoms with Crippen LogP contribution in [-0.4, -0.2) is 11.6 Å². The van der Waals surface area contributed by atoms with Gasteiger partial charge < -0.3 is 4.84 Å².